The van der Waals surface area contributed by atoms with E-state index in [1.165, 1.54) is 6.08 Å². The van der Waals surface area contributed by atoms with Gasteiger partial charge in [0.1, 0.15) is 11.5 Å². The van der Waals surface area contributed by atoms with Crippen molar-refractivity contribution in [3.05, 3.63) is 70.8 Å². The average Bonchev–Trinajstić information content (AvgIpc) is 2.42. The highest BCUT2D eigenvalue weighted by atomic mass is 35.5. The van der Waals surface area contributed by atoms with Gasteiger partial charge in [0.2, 0.25) is 0 Å². The van der Waals surface area contributed by atoms with E-state index < -0.39 is 0 Å². The molecule has 19 heavy (non-hydrogen) atoms. The lowest BCUT2D eigenvalue weighted by Gasteiger charge is -2.09. The van der Waals surface area contributed by atoms with Crippen LogP contribution in [-0.4, -0.2) is 0 Å². The third-order valence-corrected chi connectivity index (χ3v) is 2.83. The highest BCUT2D eigenvalue weighted by Gasteiger charge is 2.04. The third kappa shape index (κ3) is 3.61. The Balaban J connectivity index is 2.27. The van der Waals surface area contributed by atoms with Crippen molar-refractivity contribution in [1.82, 2.24) is 0 Å². The van der Waals surface area contributed by atoms with Crippen molar-refractivity contribution in [2.24, 2.45) is 0 Å². The molecule has 0 fully saturated rings. The van der Waals surface area contributed by atoms with Gasteiger partial charge in [-0.15, -0.1) is 0 Å². The van der Waals surface area contributed by atoms with Crippen molar-refractivity contribution in [1.29, 1.82) is 5.26 Å². The summed E-state index contributed by atoms with van der Waals surface area (Å²) in [4.78, 5) is 0. The van der Waals surface area contributed by atoms with Crippen LogP contribution in [0, 0.1) is 18.3 Å². The summed E-state index contributed by atoms with van der Waals surface area (Å²) >= 11 is 5.85. The van der Waals surface area contributed by atoms with Gasteiger partial charge in [0.25, 0.3) is 0 Å². The monoisotopic (exact) mass is 269 g/mol. The van der Waals surface area contributed by atoms with E-state index in [1.54, 1.807) is 12.1 Å². The number of nitrogens with zero attached hydrogens (tertiary/aromatic N) is 1. The number of nitriles is 1. The summed E-state index contributed by atoms with van der Waals surface area (Å²) in [5.74, 6) is 1.20. The largest absolute Gasteiger partial charge is 0.456 e. The summed E-state index contributed by atoms with van der Waals surface area (Å²) in [6.07, 6.45) is 1.38. The number of hydrogen-bond donors (Lipinski definition) is 0. The Morgan fingerprint density at radius 3 is 2.32 bits per heavy atom. The van der Waals surface area contributed by atoms with Gasteiger partial charge in [0, 0.05) is 10.6 Å². The van der Waals surface area contributed by atoms with Gasteiger partial charge in [-0.3, -0.25) is 0 Å². The van der Waals surface area contributed by atoms with Crippen LogP contribution in [0.25, 0.3) is 5.76 Å². The van der Waals surface area contributed by atoms with Crippen LogP contribution in [0.2, 0.25) is 5.02 Å². The minimum atomic E-state index is 0.503. The summed E-state index contributed by atoms with van der Waals surface area (Å²) in [5.41, 5.74) is 1.97. The lowest BCUT2D eigenvalue weighted by atomic mass is 10.2. The van der Waals surface area contributed by atoms with Crippen LogP contribution in [0.4, 0.5) is 0 Å². The maximum atomic E-state index is 8.84. The van der Waals surface area contributed by atoms with E-state index in [2.05, 4.69) is 0 Å². The molecule has 0 aromatic heterocycles. The second-order valence-electron chi connectivity index (χ2n) is 4.06. The molecule has 0 spiro atoms. The summed E-state index contributed by atoms with van der Waals surface area (Å²) in [6, 6.07) is 16.8. The molecule has 0 aliphatic carbocycles. The Bertz CT molecular complexity index is 621. The van der Waals surface area contributed by atoms with Gasteiger partial charge >= 0.3 is 0 Å². The first-order chi connectivity index (χ1) is 9.19. The van der Waals surface area contributed by atoms with E-state index in [0.29, 0.717) is 16.5 Å². The molecule has 0 atom stereocenters. The van der Waals surface area contributed by atoms with Crippen LogP contribution in [0.5, 0.6) is 5.75 Å². The summed E-state index contributed by atoms with van der Waals surface area (Å²) in [5, 5.41) is 9.49. The van der Waals surface area contributed by atoms with Crippen LogP contribution >= 0.6 is 11.6 Å². The quantitative estimate of drug-likeness (QED) is 0.603. The first kappa shape index (κ1) is 13.2. The van der Waals surface area contributed by atoms with Crippen LogP contribution in [0.3, 0.4) is 0 Å². The molecule has 0 heterocycles. The summed E-state index contributed by atoms with van der Waals surface area (Å²) in [6.45, 7) is 2.01. The minimum Gasteiger partial charge on any atom is -0.456 e. The topological polar surface area (TPSA) is 33.0 Å². The Morgan fingerprint density at radius 1 is 1.11 bits per heavy atom. The van der Waals surface area contributed by atoms with E-state index in [0.717, 1.165) is 11.1 Å². The fraction of sp³-hybridized carbons (Fsp3) is 0.0625. The fourth-order valence-corrected chi connectivity index (χ4v) is 1.70. The molecular formula is C16H12ClNO. The molecule has 2 aromatic carbocycles. The molecule has 0 amide bonds. The molecule has 2 nitrogen and oxygen atoms in total. The van der Waals surface area contributed by atoms with Crippen LogP contribution in [0.15, 0.2) is 54.6 Å². The van der Waals surface area contributed by atoms with Gasteiger partial charge in [-0.2, -0.15) is 5.26 Å². The van der Waals surface area contributed by atoms with Gasteiger partial charge < -0.3 is 4.74 Å². The minimum absolute atomic E-state index is 0.503. The predicted octanol–water partition coefficient (Wildman–Crippen LogP) is 4.59. The van der Waals surface area contributed by atoms with Gasteiger partial charge in [-0.05, 0) is 43.3 Å². The summed E-state index contributed by atoms with van der Waals surface area (Å²) < 4.78 is 5.73. The Labute approximate surface area is 117 Å². The standard InChI is InChI=1S/C16H12ClNO/c1-12-2-8-15(9-3-12)19-16(10-11-18)13-4-6-14(17)7-5-13/h2-10H,1H3/b16-10+. The maximum absolute atomic E-state index is 8.84. The zero-order valence-electron chi connectivity index (χ0n) is 10.4. The normalized spacial score (nSPS) is 10.9. The third-order valence-electron chi connectivity index (χ3n) is 2.57. The number of allylic oxidation sites excluding steroid dienone is 1. The number of halogens is 1. The van der Waals surface area contributed by atoms with Crippen molar-refractivity contribution in [3.63, 3.8) is 0 Å². The molecule has 2 aromatic rings. The highest BCUT2D eigenvalue weighted by Crippen LogP contribution is 2.22. The van der Waals surface area contributed by atoms with E-state index in [1.807, 2.05) is 49.4 Å². The van der Waals surface area contributed by atoms with Crippen molar-refractivity contribution in [3.8, 4) is 11.8 Å². The van der Waals surface area contributed by atoms with Crippen molar-refractivity contribution >= 4 is 17.4 Å². The van der Waals surface area contributed by atoms with Gasteiger partial charge in [0.15, 0.2) is 0 Å². The molecule has 0 aliphatic heterocycles. The Morgan fingerprint density at radius 2 is 1.74 bits per heavy atom. The molecule has 0 unspecified atom stereocenters. The number of ether oxygens (including phenoxy) is 1. The molecule has 2 rings (SSSR count). The second kappa shape index (κ2) is 6.08. The van der Waals surface area contributed by atoms with Crippen molar-refractivity contribution < 1.29 is 4.74 Å². The molecule has 0 aliphatic rings. The van der Waals surface area contributed by atoms with Crippen LogP contribution in [0.1, 0.15) is 11.1 Å². The Kier molecular flexibility index (Phi) is 4.22. The van der Waals surface area contributed by atoms with Gasteiger partial charge in [0.05, 0.1) is 12.1 Å². The van der Waals surface area contributed by atoms with Gasteiger partial charge in [-0.1, -0.05) is 29.3 Å². The van der Waals surface area contributed by atoms with Crippen molar-refractivity contribution in [2.75, 3.05) is 0 Å². The van der Waals surface area contributed by atoms with Crippen LogP contribution in [-0.2, 0) is 0 Å². The number of rotatable bonds is 3. The zero-order valence-corrected chi connectivity index (χ0v) is 11.2. The molecule has 0 saturated heterocycles. The van der Waals surface area contributed by atoms with E-state index >= 15 is 0 Å². The molecule has 0 bridgehead atoms. The first-order valence-electron chi connectivity index (χ1n) is 5.79. The van der Waals surface area contributed by atoms with E-state index in [4.69, 9.17) is 21.6 Å². The average molecular weight is 270 g/mol. The van der Waals surface area contributed by atoms with E-state index in [-0.39, 0.29) is 0 Å². The molecule has 0 saturated carbocycles. The van der Waals surface area contributed by atoms with Gasteiger partial charge in [-0.25, -0.2) is 0 Å². The zero-order chi connectivity index (χ0) is 13.7. The molecular weight excluding hydrogens is 258 g/mol. The van der Waals surface area contributed by atoms with Crippen molar-refractivity contribution in [2.45, 2.75) is 6.92 Å². The molecule has 0 N–H and O–H groups in total. The summed E-state index contributed by atoms with van der Waals surface area (Å²) in [7, 11) is 0. The fourth-order valence-electron chi connectivity index (χ4n) is 1.58. The maximum Gasteiger partial charge on any atom is 0.145 e. The highest BCUT2D eigenvalue weighted by molar-refractivity contribution is 6.30. The number of benzene rings is 2. The molecule has 94 valence electrons. The SMILES string of the molecule is Cc1ccc(O/C(=C/C#N)c2ccc(Cl)cc2)cc1. The van der Waals surface area contributed by atoms with E-state index in [9.17, 15) is 0 Å². The number of aryl methyl sites for hydroxylation is 1. The first-order valence-corrected chi connectivity index (χ1v) is 6.17. The second-order valence-corrected chi connectivity index (χ2v) is 4.50. The van der Waals surface area contributed by atoms with Crippen LogP contribution < -0.4 is 4.74 Å². The smallest absolute Gasteiger partial charge is 0.145 e. The molecule has 3 heteroatoms. The predicted molar refractivity (Wildman–Crippen MR) is 76.8 cm³/mol. The molecule has 0 radical (unpaired) electrons. The Hall–Kier alpha value is -2.24. The lowest BCUT2D eigenvalue weighted by molar-refractivity contribution is 0.515. The lowest BCUT2D eigenvalue weighted by Crippen LogP contribution is -1.94. The number of hydrogen-bond acceptors (Lipinski definition) is 2.